The third-order valence-electron chi connectivity index (χ3n) is 5.10. The van der Waals surface area contributed by atoms with Crippen LogP contribution in [0.4, 0.5) is 5.69 Å². The number of fused-ring (bicyclic) bond motifs is 2. The van der Waals surface area contributed by atoms with Gasteiger partial charge in [0.05, 0.1) is 4.92 Å². The first kappa shape index (κ1) is 14.5. The van der Waals surface area contributed by atoms with Gasteiger partial charge in [-0.05, 0) is 44.7 Å². The van der Waals surface area contributed by atoms with E-state index in [1.54, 1.807) is 12.1 Å². The fraction of sp³-hybridized carbons (Fsp3) is 0.625. The SMILES string of the molecule is CNC1CC2CCC(C1)N2CCc1ccc([N+](=O)[O-])cc1. The van der Waals surface area contributed by atoms with Crippen LogP contribution in [-0.4, -0.2) is 41.5 Å². The summed E-state index contributed by atoms with van der Waals surface area (Å²) in [7, 11) is 2.07. The summed E-state index contributed by atoms with van der Waals surface area (Å²) in [4.78, 5) is 13.0. The summed E-state index contributed by atoms with van der Waals surface area (Å²) in [6.45, 7) is 1.07. The minimum atomic E-state index is -0.341. The van der Waals surface area contributed by atoms with Gasteiger partial charge in [0.2, 0.25) is 0 Å². The van der Waals surface area contributed by atoms with E-state index in [9.17, 15) is 10.1 Å². The van der Waals surface area contributed by atoms with Gasteiger partial charge in [0.15, 0.2) is 0 Å². The van der Waals surface area contributed by atoms with Crippen molar-refractivity contribution in [2.24, 2.45) is 0 Å². The quantitative estimate of drug-likeness (QED) is 0.668. The van der Waals surface area contributed by atoms with Crippen molar-refractivity contribution in [3.63, 3.8) is 0 Å². The van der Waals surface area contributed by atoms with Crippen LogP contribution in [0.15, 0.2) is 24.3 Å². The Kier molecular flexibility index (Phi) is 4.22. The number of piperidine rings is 1. The minimum Gasteiger partial charge on any atom is -0.317 e. The molecule has 21 heavy (non-hydrogen) atoms. The third kappa shape index (κ3) is 3.09. The summed E-state index contributed by atoms with van der Waals surface area (Å²) in [5.41, 5.74) is 1.37. The summed E-state index contributed by atoms with van der Waals surface area (Å²) in [5, 5.41) is 14.1. The molecule has 0 amide bonds. The van der Waals surface area contributed by atoms with Crippen LogP contribution in [0.1, 0.15) is 31.2 Å². The van der Waals surface area contributed by atoms with E-state index in [2.05, 4.69) is 17.3 Å². The molecule has 2 saturated heterocycles. The van der Waals surface area contributed by atoms with Gasteiger partial charge in [-0.3, -0.25) is 15.0 Å². The van der Waals surface area contributed by atoms with Gasteiger partial charge < -0.3 is 5.32 Å². The van der Waals surface area contributed by atoms with Crippen LogP contribution in [0, 0.1) is 10.1 Å². The molecule has 2 aliphatic heterocycles. The van der Waals surface area contributed by atoms with E-state index < -0.39 is 0 Å². The van der Waals surface area contributed by atoms with Crippen molar-refractivity contribution in [1.29, 1.82) is 0 Å². The van der Waals surface area contributed by atoms with Gasteiger partial charge >= 0.3 is 0 Å². The van der Waals surface area contributed by atoms with Crippen LogP contribution in [0.2, 0.25) is 0 Å². The van der Waals surface area contributed by atoms with Crippen LogP contribution in [-0.2, 0) is 6.42 Å². The predicted molar refractivity (Wildman–Crippen MR) is 82.4 cm³/mol. The monoisotopic (exact) mass is 289 g/mol. The Balaban J connectivity index is 1.57. The molecule has 0 radical (unpaired) electrons. The van der Waals surface area contributed by atoms with Crippen molar-refractivity contribution in [3.05, 3.63) is 39.9 Å². The molecule has 0 saturated carbocycles. The molecule has 3 rings (SSSR count). The minimum absolute atomic E-state index is 0.175. The van der Waals surface area contributed by atoms with Crippen molar-refractivity contribution in [1.82, 2.24) is 10.2 Å². The fourth-order valence-electron chi connectivity index (χ4n) is 3.92. The van der Waals surface area contributed by atoms with E-state index >= 15 is 0 Å². The molecule has 1 aromatic rings. The van der Waals surface area contributed by atoms with E-state index in [0.29, 0.717) is 6.04 Å². The molecule has 5 nitrogen and oxygen atoms in total. The van der Waals surface area contributed by atoms with E-state index in [0.717, 1.165) is 25.0 Å². The highest BCUT2D eigenvalue weighted by molar-refractivity contribution is 5.33. The smallest absolute Gasteiger partial charge is 0.269 e. The highest BCUT2D eigenvalue weighted by Crippen LogP contribution is 2.35. The van der Waals surface area contributed by atoms with E-state index in [-0.39, 0.29) is 10.6 Å². The number of benzene rings is 1. The first-order valence-corrected chi connectivity index (χ1v) is 7.83. The molecular weight excluding hydrogens is 266 g/mol. The van der Waals surface area contributed by atoms with Gasteiger partial charge in [-0.25, -0.2) is 0 Å². The highest BCUT2D eigenvalue weighted by atomic mass is 16.6. The van der Waals surface area contributed by atoms with Crippen LogP contribution < -0.4 is 5.32 Å². The molecule has 2 atom stereocenters. The first-order chi connectivity index (χ1) is 10.2. The van der Waals surface area contributed by atoms with Crippen molar-refractivity contribution in [2.45, 2.75) is 50.2 Å². The second-order valence-electron chi connectivity index (χ2n) is 6.25. The average molecular weight is 289 g/mol. The average Bonchev–Trinajstić information content (AvgIpc) is 2.74. The summed E-state index contributed by atoms with van der Waals surface area (Å²) in [6.07, 6.45) is 6.14. The Morgan fingerprint density at radius 1 is 1.24 bits per heavy atom. The molecule has 0 aromatic heterocycles. The zero-order valence-electron chi connectivity index (χ0n) is 12.5. The molecule has 2 heterocycles. The molecular formula is C16H23N3O2. The molecule has 0 aliphatic carbocycles. The van der Waals surface area contributed by atoms with E-state index in [1.165, 1.54) is 31.2 Å². The summed E-state index contributed by atoms with van der Waals surface area (Å²) >= 11 is 0. The zero-order valence-corrected chi connectivity index (χ0v) is 12.5. The Hall–Kier alpha value is -1.46. The van der Waals surface area contributed by atoms with Crippen LogP contribution in [0.3, 0.4) is 0 Å². The van der Waals surface area contributed by atoms with Crippen molar-refractivity contribution < 1.29 is 4.92 Å². The Bertz CT molecular complexity index is 489. The number of nitro groups is 1. The maximum Gasteiger partial charge on any atom is 0.269 e. The van der Waals surface area contributed by atoms with Gasteiger partial charge in [-0.2, -0.15) is 0 Å². The second-order valence-corrected chi connectivity index (χ2v) is 6.25. The lowest BCUT2D eigenvalue weighted by molar-refractivity contribution is -0.384. The van der Waals surface area contributed by atoms with Crippen molar-refractivity contribution >= 4 is 5.69 Å². The largest absolute Gasteiger partial charge is 0.317 e. The molecule has 2 fully saturated rings. The van der Waals surface area contributed by atoms with Crippen molar-refractivity contribution in [3.8, 4) is 0 Å². The lowest BCUT2D eigenvalue weighted by atomic mass is 9.97. The molecule has 114 valence electrons. The number of non-ortho nitro benzene ring substituents is 1. The molecule has 2 unspecified atom stereocenters. The maximum absolute atomic E-state index is 10.7. The second kappa shape index (κ2) is 6.12. The third-order valence-corrected chi connectivity index (χ3v) is 5.10. The molecule has 1 N–H and O–H groups in total. The molecule has 5 heteroatoms. The Morgan fingerprint density at radius 2 is 1.86 bits per heavy atom. The summed E-state index contributed by atoms with van der Waals surface area (Å²) in [6, 6.07) is 9.12. The van der Waals surface area contributed by atoms with Gasteiger partial charge in [0.25, 0.3) is 5.69 Å². The van der Waals surface area contributed by atoms with Gasteiger partial charge in [-0.1, -0.05) is 12.1 Å². The number of nitrogens with one attached hydrogen (secondary N) is 1. The lowest BCUT2D eigenvalue weighted by Crippen LogP contribution is -2.48. The molecule has 2 bridgehead atoms. The maximum atomic E-state index is 10.7. The number of nitro benzene ring substituents is 1. The first-order valence-electron chi connectivity index (χ1n) is 7.83. The van der Waals surface area contributed by atoms with Crippen LogP contribution in [0.25, 0.3) is 0 Å². The van der Waals surface area contributed by atoms with E-state index in [1.807, 2.05) is 12.1 Å². The Labute approximate surface area is 125 Å². The van der Waals surface area contributed by atoms with Crippen molar-refractivity contribution in [2.75, 3.05) is 13.6 Å². The molecule has 0 spiro atoms. The van der Waals surface area contributed by atoms with Gasteiger partial charge in [0.1, 0.15) is 0 Å². The van der Waals surface area contributed by atoms with Crippen LogP contribution in [0.5, 0.6) is 0 Å². The fourth-order valence-corrected chi connectivity index (χ4v) is 3.92. The van der Waals surface area contributed by atoms with Crippen LogP contribution >= 0.6 is 0 Å². The summed E-state index contributed by atoms with van der Waals surface area (Å²) < 4.78 is 0. The molecule has 1 aromatic carbocycles. The topological polar surface area (TPSA) is 58.4 Å². The number of rotatable bonds is 5. The number of hydrogen-bond donors (Lipinski definition) is 1. The normalized spacial score (nSPS) is 28.7. The zero-order chi connectivity index (χ0) is 14.8. The number of nitrogens with zero attached hydrogens (tertiary/aromatic N) is 2. The molecule has 2 aliphatic rings. The number of hydrogen-bond acceptors (Lipinski definition) is 4. The van der Waals surface area contributed by atoms with E-state index in [4.69, 9.17) is 0 Å². The highest BCUT2D eigenvalue weighted by Gasteiger charge is 2.39. The van der Waals surface area contributed by atoms with Gasteiger partial charge in [-0.15, -0.1) is 0 Å². The lowest BCUT2D eigenvalue weighted by Gasteiger charge is -2.39. The standard InChI is InChI=1S/C16H23N3O2/c1-17-13-10-15-6-7-16(11-13)18(15)9-8-12-2-4-14(5-3-12)19(20)21/h2-5,13,15-17H,6-11H2,1H3. The summed E-state index contributed by atoms with van der Waals surface area (Å²) in [5.74, 6) is 0. The predicted octanol–water partition coefficient (Wildman–Crippen LogP) is 2.35. The Morgan fingerprint density at radius 3 is 2.38 bits per heavy atom. The van der Waals surface area contributed by atoms with Gasteiger partial charge in [0, 0.05) is 36.8 Å².